The van der Waals surface area contributed by atoms with Crippen molar-refractivity contribution in [2.24, 2.45) is 0 Å². The van der Waals surface area contributed by atoms with Crippen LogP contribution in [0.4, 0.5) is 0 Å². The van der Waals surface area contributed by atoms with E-state index in [2.05, 4.69) is 26.1 Å². The zero-order valence-corrected chi connectivity index (χ0v) is 8.72. The molecule has 0 aliphatic carbocycles. The third kappa shape index (κ3) is 25.4. The Hall–Kier alpha value is 0.132. The average molecular weight is 251 g/mol. The van der Waals surface area contributed by atoms with Crippen molar-refractivity contribution in [3.8, 4) is 0 Å². The Bertz CT molecular complexity index is 84.2. The van der Waals surface area contributed by atoms with Crippen molar-refractivity contribution in [1.82, 2.24) is 0 Å². The molecule has 0 rings (SSSR count). The predicted molar refractivity (Wildman–Crippen MR) is 39.6 cm³/mol. The van der Waals surface area contributed by atoms with Crippen LogP contribution in [0.2, 0.25) is 4.89 Å². The van der Waals surface area contributed by atoms with E-state index in [4.69, 9.17) is 0 Å². The van der Waals surface area contributed by atoms with E-state index < -0.39 is 5.97 Å². The van der Waals surface area contributed by atoms with Crippen LogP contribution in [0.1, 0.15) is 39.5 Å². The van der Waals surface area contributed by atoms with Gasteiger partial charge < -0.3 is 9.90 Å². The molecule has 0 spiro atoms. The summed E-state index contributed by atoms with van der Waals surface area (Å²) in [5.74, 6) is -0.932. The minimum absolute atomic E-state index is 0.216. The Morgan fingerprint density at radius 1 is 1.36 bits per heavy atom. The molecular weight excluding hydrogens is 235 g/mol. The SMILES string of the molecule is CCCCCC(=O)[O-].C[CH2][Pd+]. The third-order valence-corrected chi connectivity index (χ3v) is 0.984. The number of aliphatic carboxylic acids is 1. The number of carboxylic acid groups (broad SMARTS) is 1. The number of carbonyl (C=O) groups excluding carboxylic acids is 1. The van der Waals surface area contributed by atoms with Crippen LogP contribution < -0.4 is 5.11 Å². The quantitative estimate of drug-likeness (QED) is 0.557. The molecule has 0 saturated carbocycles. The van der Waals surface area contributed by atoms with E-state index in [9.17, 15) is 9.90 Å². The molecule has 0 aromatic heterocycles. The first-order valence-corrected chi connectivity index (χ1v) is 5.00. The summed E-state index contributed by atoms with van der Waals surface area (Å²) in [6, 6.07) is 0. The molecule has 0 aliphatic rings. The Morgan fingerprint density at radius 3 is 2.09 bits per heavy atom. The molecule has 0 unspecified atom stereocenters. The van der Waals surface area contributed by atoms with Crippen molar-refractivity contribution in [3.05, 3.63) is 0 Å². The van der Waals surface area contributed by atoms with Crippen molar-refractivity contribution in [3.63, 3.8) is 0 Å². The average Bonchev–Trinajstić information content (AvgIpc) is 1.89. The second kappa shape index (κ2) is 12.8. The number of rotatable bonds is 4. The van der Waals surface area contributed by atoms with Gasteiger partial charge in [0, 0.05) is 5.97 Å². The molecule has 3 heteroatoms. The normalized spacial score (nSPS) is 8.36. The molecule has 0 heterocycles. The number of carbonyl (C=O) groups is 1. The van der Waals surface area contributed by atoms with Crippen LogP contribution in [0.25, 0.3) is 0 Å². The summed E-state index contributed by atoms with van der Waals surface area (Å²) in [6.45, 7) is 4.10. The summed E-state index contributed by atoms with van der Waals surface area (Å²) in [4.78, 5) is 10.9. The van der Waals surface area contributed by atoms with E-state index in [-0.39, 0.29) is 6.42 Å². The molecule has 0 fully saturated rings. The van der Waals surface area contributed by atoms with Gasteiger partial charge in [-0.15, -0.1) is 0 Å². The Labute approximate surface area is 79.8 Å². The fourth-order valence-corrected chi connectivity index (χ4v) is 0.519. The van der Waals surface area contributed by atoms with E-state index >= 15 is 0 Å². The Balaban J connectivity index is 0. The van der Waals surface area contributed by atoms with Crippen LogP contribution in [-0.4, -0.2) is 5.97 Å². The summed E-state index contributed by atoms with van der Waals surface area (Å²) in [5, 5.41) is 9.76. The topological polar surface area (TPSA) is 40.1 Å². The molecule has 0 atom stereocenters. The number of carboxylic acids is 1. The van der Waals surface area contributed by atoms with Gasteiger partial charge in [0.1, 0.15) is 0 Å². The van der Waals surface area contributed by atoms with Gasteiger partial charge in [0.15, 0.2) is 0 Å². The van der Waals surface area contributed by atoms with Gasteiger partial charge in [-0.1, -0.05) is 19.8 Å². The van der Waals surface area contributed by atoms with Crippen molar-refractivity contribution in [2.45, 2.75) is 44.4 Å². The van der Waals surface area contributed by atoms with Crippen LogP contribution in [0, 0.1) is 0 Å². The first kappa shape index (κ1) is 13.7. The standard InChI is InChI=1S/C6H12O2.C2H5.Pd/c1-2-3-4-5-6(7)8;1-2;/h2-5H2,1H3,(H,7,8);1H2,2H3;/q;;+1/p-1. The van der Waals surface area contributed by atoms with E-state index in [0.717, 1.165) is 24.2 Å². The van der Waals surface area contributed by atoms with Crippen LogP contribution >= 0.6 is 0 Å². The van der Waals surface area contributed by atoms with Gasteiger partial charge in [0.2, 0.25) is 0 Å². The Morgan fingerprint density at radius 2 is 1.82 bits per heavy atom. The fourth-order valence-electron chi connectivity index (χ4n) is 0.519. The first-order valence-electron chi connectivity index (χ1n) is 3.90. The molecule has 0 saturated heterocycles. The number of unbranched alkanes of at least 4 members (excludes halogenated alkanes) is 2. The zero-order valence-electron chi connectivity index (χ0n) is 7.17. The first-order chi connectivity index (χ1) is 5.18. The van der Waals surface area contributed by atoms with E-state index in [0.29, 0.717) is 0 Å². The van der Waals surface area contributed by atoms with E-state index in [1.807, 2.05) is 6.92 Å². The van der Waals surface area contributed by atoms with Gasteiger partial charge in [-0.3, -0.25) is 0 Å². The number of hydrogen-bond acceptors (Lipinski definition) is 2. The molecule has 0 aromatic carbocycles. The van der Waals surface area contributed by atoms with Gasteiger partial charge in [-0.25, -0.2) is 0 Å². The zero-order chi connectivity index (χ0) is 9.11. The molecule has 11 heavy (non-hydrogen) atoms. The maximum absolute atomic E-state index is 9.76. The van der Waals surface area contributed by atoms with Crippen molar-refractivity contribution in [2.75, 3.05) is 0 Å². The van der Waals surface area contributed by atoms with Crippen molar-refractivity contribution >= 4 is 5.97 Å². The van der Waals surface area contributed by atoms with Gasteiger partial charge in [-0.2, -0.15) is 0 Å². The maximum atomic E-state index is 9.76. The number of hydrogen-bond donors (Lipinski definition) is 0. The van der Waals surface area contributed by atoms with Gasteiger partial charge in [-0.05, 0) is 12.8 Å². The van der Waals surface area contributed by atoms with Crippen molar-refractivity contribution in [1.29, 1.82) is 0 Å². The van der Waals surface area contributed by atoms with Crippen LogP contribution in [0.15, 0.2) is 0 Å². The molecule has 2 nitrogen and oxygen atoms in total. The van der Waals surface area contributed by atoms with Crippen LogP contribution in [-0.2, 0) is 24.0 Å². The van der Waals surface area contributed by atoms with Crippen LogP contribution in [0.3, 0.4) is 0 Å². The second-order valence-electron chi connectivity index (χ2n) is 2.05. The Kier molecular flexibility index (Phi) is 15.9. The molecule has 0 radical (unpaired) electrons. The summed E-state index contributed by atoms with van der Waals surface area (Å²) in [7, 11) is 0. The predicted octanol–water partition coefficient (Wildman–Crippen LogP) is 1.29. The molecule has 0 N–H and O–H groups in total. The third-order valence-electron chi connectivity index (χ3n) is 0.984. The molecule has 0 aromatic rings. The summed E-state index contributed by atoms with van der Waals surface area (Å²) < 4.78 is 0. The molecular formula is C8H16O2Pd. The molecule has 0 aliphatic heterocycles. The molecule has 0 bridgehead atoms. The van der Waals surface area contributed by atoms with Gasteiger partial charge >= 0.3 is 31.0 Å². The molecule has 70 valence electrons. The fraction of sp³-hybridized carbons (Fsp3) is 0.875. The second-order valence-corrected chi connectivity index (χ2v) is 3.15. The summed E-state index contributed by atoms with van der Waals surface area (Å²) in [6.07, 6.45) is 3.04. The van der Waals surface area contributed by atoms with E-state index in [1.54, 1.807) is 0 Å². The monoisotopic (exact) mass is 250 g/mol. The van der Waals surface area contributed by atoms with Crippen LogP contribution in [0.5, 0.6) is 0 Å². The molecule has 0 amide bonds. The van der Waals surface area contributed by atoms with E-state index in [1.165, 1.54) is 0 Å². The summed E-state index contributed by atoms with van der Waals surface area (Å²) in [5.41, 5.74) is 0. The van der Waals surface area contributed by atoms with Crippen molar-refractivity contribution < 1.29 is 29.1 Å². The van der Waals surface area contributed by atoms with Gasteiger partial charge in [0.25, 0.3) is 0 Å². The summed E-state index contributed by atoms with van der Waals surface area (Å²) >= 11 is 2.94. The minimum atomic E-state index is -0.932. The van der Waals surface area contributed by atoms with Gasteiger partial charge in [0.05, 0.1) is 0 Å².